The first-order chi connectivity index (χ1) is 10.2. The van der Waals surface area contributed by atoms with Gasteiger partial charge in [0.15, 0.2) is 5.96 Å². The molecule has 0 fully saturated rings. The first kappa shape index (κ1) is 18.7. The van der Waals surface area contributed by atoms with Crippen LogP contribution < -0.4 is 10.6 Å². The second-order valence-corrected chi connectivity index (χ2v) is 4.87. The average Bonchev–Trinajstić information content (AvgIpc) is 2.50. The van der Waals surface area contributed by atoms with Gasteiger partial charge in [-0.15, -0.1) is 24.0 Å². The molecule has 2 aromatic rings. The molecular weight excluding hydrogens is 416 g/mol. The van der Waals surface area contributed by atoms with Crippen LogP contribution >= 0.6 is 35.6 Å². The van der Waals surface area contributed by atoms with E-state index in [1.807, 2.05) is 24.3 Å². The number of guanidine groups is 1. The van der Waals surface area contributed by atoms with Crippen LogP contribution in [0.2, 0.25) is 5.02 Å². The molecule has 0 atom stereocenters. The molecule has 0 aromatic heterocycles. The molecule has 2 N–H and O–H groups in total. The second kappa shape index (κ2) is 9.63. The Labute approximate surface area is 152 Å². The minimum atomic E-state index is -0.230. The molecule has 0 aliphatic rings. The van der Waals surface area contributed by atoms with Crippen LogP contribution in [0.5, 0.6) is 0 Å². The summed E-state index contributed by atoms with van der Waals surface area (Å²) in [4.78, 5) is 4.11. The van der Waals surface area contributed by atoms with E-state index in [2.05, 4.69) is 15.6 Å². The number of halogens is 3. The van der Waals surface area contributed by atoms with E-state index in [1.165, 1.54) is 6.07 Å². The van der Waals surface area contributed by atoms with Crippen LogP contribution in [0.4, 0.5) is 4.39 Å². The van der Waals surface area contributed by atoms with Crippen LogP contribution in [0.3, 0.4) is 0 Å². The summed E-state index contributed by atoms with van der Waals surface area (Å²) < 4.78 is 13.5. The third-order valence-corrected chi connectivity index (χ3v) is 3.40. The number of hydrogen-bond donors (Lipinski definition) is 2. The van der Waals surface area contributed by atoms with Gasteiger partial charge in [-0.3, -0.25) is 4.99 Å². The lowest BCUT2D eigenvalue weighted by Crippen LogP contribution is -2.36. The normalized spacial score (nSPS) is 10.8. The minimum Gasteiger partial charge on any atom is -0.352 e. The Hall–Kier alpha value is -1.34. The van der Waals surface area contributed by atoms with Crippen molar-refractivity contribution in [3.8, 4) is 0 Å². The number of benzene rings is 2. The van der Waals surface area contributed by atoms with Crippen molar-refractivity contribution in [3.63, 3.8) is 0 Å². The number of hydrogen-bond acceptors (Lipinski definition) is 1. The lowest BCUT2D eigenvalue weighted by Gasteiger charge is -2.13. The van der Waals surface area contributed by atoms with Gasteiger partial charge in [0.1, 0.15) is 5.82 Å². The van der Waals surface area contributed by atoms with Gasteiger partial charge >= 0.3 is 0 Å². The predicted octanol–water partition coefficient (Wildman–Crippen LogP) is 3.96. The Kier molecular flexibility index (Phi) is 8.19. The molecule has 0 radical (unpaired) electrons. The van der Waals surface area contributed by atoms with Crippen LogP contribution in [0, 0.1) is 5.82 Å². The van der Waals surface area contributed by atoms with Crippen LogP contribution in [0.1, 0.15) is 11.1 Å². The summed E-state index contributed by atoms with van der Waals surface area (Å²) in [6.07, 6.45) is 0. The molecule has 2 aromatic carbocycles. The Morgan fingerprint density at radius 1 is 1.00 bits per heavy atom. The van der Waals surface area contributed by atoms with Crippen molar-refractivity contribution in [2.45, 2.75) is 13.1 Å². The molecule has 3 nitrogen and oxygen atoms in total. The molecule has 0 aliphatic heterocycles. The fourth-order valence-corrected chi connectivity index (χ4v) is 2.06. The highest BCUT2D eigenvalue weighted by molar-refractivity contribution is 14.0. The van der Waals surface area contributed by atoms with Gasteiger partial charge in [-0.1, -0.05) is 48.0 Å². The molecule has 0 saturated heterocycles. The quantitative estimate of drug-likeness (QED) is 0.435. The number of rotatable bonds is 4. The zero-order chi connectivity index (χ0) is 15.1. The van der Waals surface area contributed by atoms with E-state index >= 15 is 0 Å². The molecule has 118 valence electrons. The van der Waals surface area contributed by atoms with E-state index in [4.69, 9.17) is 11.6 Å². The SMILES string of the molecule is CN=C(NCc1ccccc1F)NCc1ccccc1Cl.I. The molecule has 22 heavy (non-hydrogen) atoms. The fourth-order valence-electron chi connectivity index (χ4n) is 1.86. The van der Waals surface area contributed by atoms with Crippen LogP contribution in [0.15, 0.2) is 53.5 Å². The molecular formula is C16H18ClFIN3. The maximum Gasteiger partial charge on any atom is 0.191 e. The van der Waals surface area contributed by atoms with Crippen molar-refractivity contribution in [3.05, 3.63) is 70.5 Å². The van der Waals surface area contributed by atoms with Crippen LogP contribution in [0.25, 0.3) is 0 Å². The average molecular weight is 434 g/mol. The van der Waals surface area contributed by atoms with Crippen molar-refractivity contribution >= 4 is 41.5 Å². The summed E-state index contributed by atoms with van der Waals surface area (Å²) in [5.74, 6) is 0.365. The summed E-state index contributed by atoms with van der Waals surface area (Å²) in [5, 5.41) is 6.92. The van der Waals surface area contributed by atoms with Gasteiger partial charge in [-0.2, -0.15) is 0 Å². The highest BCUT2D eigenvalue weighted by Gasteiger charge is 2.04. The van der Waals surface area contributed by atoms with E-state index in [-0.39, 0.29) is 29.8 Å². The first-order valence-electron chi connectivity index (χ1n) is 6.62. The Balaban J connectivity index is 0.00000242. The van der Waals surface area contributed by atoms with E-state index in [0.717, 1.165) is 5.56 Å². The molecule has 2 rings (SSSR count). The van der Waals surface area contributed by atoms with Crippen molar-refractivity contribution in [2.75, 3.05) is 7.05 Å². The highest BCUT2D eigenvalue weighted by Crippen LogP contribution is 2.14. The monoisotopic (exact) mass is 433 g/mol. The molecule has 0 bridgehead atoms. The highest BCUT2D eigenvalue weighted by atomic mass is 127. The molecule has 0 heterocycles. The molecule has 0 unspecified atom stereocenters. The Morgan fingerprint density at radius 3 is 2.14 bits per heavy atom. The third kappa shape index (κ3) is 5.46. The molecule has 0 amide bonds. The lowest BCUT2D eigenvalue weighted by atomic mass is 10.2. The minimum absolute atomic E-state index is 0. The predicted molar refractivity (Wildman–Crippen MR) is 100 cm³/mol. The van der Waals surface area contributed by atoms with Crippen molar-refractivity contribution in [2.24, 2.45) is 4.99 Å². The molecule has 0 spiro atoms. The van der Waals surface area contributed by atoms with E-state index in [1.54, 1.807) is 25.2 Å². The van der Waals surface area contributed by atoms with Gasteiger partial charge in [0.05, 0.1) is 0 Å². The fraction of sp³-hybridized carbons (Fsp3) is 0.188. The topological polar surface area (TPSA) is 36.4 Å². The number of nitrogens with one attached hydrogen (secondary N) is 2. The van der Waals surface area contributed by atoms with Crippen molar-refractivity contribution in [1.29, 1.82) is 0 Å². The van der Waals surface area contributed by atoms with Gasteiger partial charge in [-0.25, -0.2) is 4.39 Å². The maximum absolute atomic E-state index is 13.5. The van der Waals surface area contributed by atoms with Gasteiger partial charge in [0.25, 0.3) is 0 Å². The zero-order valence-electron chi connectivity index (χ0n) is 12.1. The smallest absolute Gasteiger partial charge is 0.191 e. The number of aliphatic imine (C=N–C) groups is 1. The first-order valence-corrected chi connectivity index (χ1v) is 7.00. The second-order valence-electron chi connectivity index (χ2n) is 4.46. The summed E-state index contributed by atoms with van der Waals surface area (Å²) >= 11 is 6.09. The van der Waals surface area contributed by atoms with Crippen molar-refractivity contribution < 1.29 is 4.39 Å². The van der Waals surface area contributed by atoms with Crippen molar-refractivity contribution in [1.82, 2.24) is 10.6 Å². The maximum atomic E-state index is 13.5. The Bertz CT molecular complexity index is 583. The van der Waals surface area contributed by atoms with Gasteiger partial charge in [-0.05, 0) is 17.7 Å². The van der Waals surface area contributed by atoms with Crippen LogP contribution in [-0.4, -0.2) is 13.0 Å². The molecule has 6 heteroatoms. The van der Waals surface area contributed by atoms with Crippen LogP contribution in [-0.2, 0) is 13.1 Å². The third-order valence-electron chi connectivity index (χ3n) is 3.03. The van der Waals surface area contributed by atoms with Gasteiger partial charge in [0.2, 0.25) is 0 Å². The van der Waals surface area contributed by atoms with E-state index < -0.39 is 0 Å². The Morgan fingerprint density at radius 2 is 1.55 bits per heavy atom. The van der Waals surface area contributed by atoms with E-state index in [0.29, 0.717) is 29.6 Å². The summed E-state index contributed by atoms with van der Waals surface area (Å²) in [7, 11) is 1.67. The van der Waals surface area contributed by atoms with Gasteiger partial charge < -0.3 is 10.6 Å². The summed E-state index contributed by atoms with van der Waals surface area (Å²) in [6.45, 7) is 0.922. The molecule has 0 aliphatic carbocycles. The zero-order valence-corrected chi connectivity index (χ0v) is 15.2. The van der Waals surface area contributed by atoms with E-state index in [9.17, 15) is 4.39 Å². The summed E-state index contributed by atoms with van der Waals surface area (Å²) in [5.41, 5.74) is 1.58. The lowest BCUT2D eigenvalue weighted by molar-refractivity contribution is 0.604. The van der Waals surface area contributed by atoms with Gasteiger partial charge in [0, 0.05) is 30.7 Å². The number of nitrogens with zero attached hydrogens (tertiary/aromatic N) is 1. The molecule has 0 saturated carbocycles. The summed E-state index contributed by atoms with van der Waals surface area (Å²) in [6, 6.07) is 14.3. The standard InChI is InChI=1S/C16H17ClFN3.HI/c1-19-16(20-10-12-6-2-4-8-14(12)17)21-11-13-7-3-5-9-15(13)18;/h2-9H,10-11H2,1H3,(H2,19,20,21);1H. The largest absolute Gasteiger partial charge is 0.352 e.